The number of nitrogens with zero attached hydrogens (tertiary/aromatic N) is 1. The predicted molar refractivity (Wildman–Crippen MR) is 75.3 cm³/mol. The standard InChI is InChI=1S/C13H20N2O3S/c1-9-5-6-10(19-9)12(18)14-7-11(17)15(4)13(2,3)8-16/h5-6,16H,7-8H2,1-4H3,(H,14,18). The number of amides is 2. The number of likely N-dealkylation sites (N-methyl/N-ethyl adjacent to an activating group) is 1. The Morgan fingerprint density at radius 2 is 2.05 bits per heavy atom. The summed E-state index contributed by atoms with van der Waals surface area (Å²) in [5.74, 6) is -0.484. The second-order valence-electron chi connectivity index (χ2n) is 5.02. The van der Waals surface area contributed by atoms with Crippen LogP contribution in [-0.4, -0.2) is 47.6 Å². The fourth-order valence-electron chi connectivity index (χ4n) is 1.36. The first kappa shape index (κ1) is 15.7. The summed E-state index contributed by atoms with van der Waals surface area (Å²) in [5.41, 5.74) is -0.638. The Kier molecular flexibility index (Phi) is 5.08. The molecule has 0 aromatic carbocycles. The highest BCUT2D eigenvalue weighted by Gasteiger charge is 2.26. The Morgan fingerprint density at radius 1 is 1.42 bits per heavy atom. The number of aliphatic hydroxyl groups is 1. The number of aliphatic hydroxyl groups excluding tert-OH is 1. The molecule has 0 unspecified atom stereocenters. The smallest absolute Gasteiger partial charge is 0.261 e. The zero-order valence-electron chi connectivity index (χ0n) is 11.7. The van der Waals surface area contributed by atoms with Crippen LogP contribution in [0.15, 0.2) is 12.1 Å². The number of hydrogen-bond acceptors (Lipinski definition) is 4. The van der Waals surface area contributed by atoms with Crippen molar-refractivity contribution in [1.29, 1.82) is 0 Å². The number of carbonyl (C=O) groups excluding carboxylic acids is 2. The van der Waals surface area contributed by atoms with Gasteiger partial charge in [-0.25, -0.2) is 0 Å². The van der Waals surface area contributed by atoms with Crippen LogP contribution in [-0.2, 0) is 4.79 Å². The number of rotatable bonds is 5. The monoisotopic (exact) mass is 284 g/mol. The highest BCUT2D eigenvalue weighted by molar-refractivity contribution is 7.13. The van der Waals surface area contributed by atoms with Crippen LogP contribution in [0.25, 0.3) is 0 Å². The molecule has 0 fully saturated rings. The third kappa shape index (κ3) is 4.04. The topological polar surface area (TPSA) is 69.6 Å². The van der Waals surface area contributed by atoms with Crippen LogP contribution in [0.2, 0.25) is 0 Å². The fraction of sp³-hybridized carbons (Fsp3) is 0.538. The Hall–Kier alpha value is -1.40. The first-order chi connectivity index (χ1) is 8.77. The van der Waals surface area contributed by atoms with E-state index in [0.29, 0.717) is 4.88 Å². The van der Waals surface area contributed by atoms with Crippen molar-refractivity contribution in [2.24, 2.45) is 0 Å². The second-order valence-corrected chi connectivity index (χ2v) is 6.30. The third-order valence-corrected chi connectivity index (χ3v) is 4.03. The van der Waals surface area contributed by atoms with Crippen LogP contribution >= 0.6 is 11.3 Å². The molecule has 0 bridgehead atoms. The van der Waals surface area contributed by atoms with Gasteiger partial charge in [0.15, 0.2) is 0 Å². The largest absolute Gasteiger partial charge is 0.394 e. The lowest BCUT2D eigenvalue weighted by atomic mass is 10.1. The van der Waals surface area contributed by atoms with Gasteiger partial charge in [-0.2, -0.15) is 0 Å². The summed E-state index contributed by atoms with van der Waals surface area (Å²) < 4.78 is 0. The molecule has 0 atom stereocenters. The highest BCUT2D eigenvalue weighted by Crippen LogP contribution is 2.15. The average molecular weight is 284 g/mol. The molecule has 106 valence electrons. The maximum atomic E-state index is 11.9. The summed E-state index contributed by atoms with van der Waals surface area (Å²) in [6, 6.07) is 3.60. The van der Waals surface area contributed by atoms with Gasteiger partial charge < -0.3 is 15.3 Å². The summed E-state index contributed by atoms with van der Waals surface area (Å²) in [6.45, 7) is 5.23. The number of aryl methyl sites for hydroxylation is 1. The number of nitrogens with one attached hydrogen (secondary N) is 1. The fourth-order valence-corrected chi connectivity index (χ4v) is 2.15. The van der Waals surface area contributed by atoms with Crippen LogP contribution < -0.4 is 5.32 Å². The number of carbonyl (C=O) groups is 2. The lowest BCUT2D eigenvalue weighted by Crippen LogP contribution is -2.50. The van der Waals surface area contributed by atoms with Gasteiger partial charge in [0.25, 0.3) is 5.91 Å². The molecule has 5 nitrogen and oxygen atoms in total. The molecule has 1 aromatic heterocycles. The Balaban J connectivity index is 2.53. The minimum absolute atomic E-state index is 0.0737. The molecule has 19 heavy (non-hydrogen) atoms. The van der Waals surface area contributed by atoms with Crippen molar-refractivity contribution in [3.8, 4) is 0 Å². The van der Waals surface area contributed by atoms with E-state index < -0.39 is 5.54 Å². The zero-order chi connectivity index (χ0) is 14.6. The van der Waals surface area contributed by atoms with E-state index in [1.165, 1.54) is 16.2 Å². The summed E-state index contributed by atoms with van der Waals surface area (Å²) in [5, 5.41) is 11.8. The van der Waals surface area contributed by atoms with Crippen molar-refractivity contribution in [1.82, 2.24) is 10.2 Å². The van der Waals surface area contributed by atoms with Gasteiger partial charge in [-0.1, -0.05) is 0 Å². The molecule has 0 radical (unpaired) electrons. The van der Waals surface area contributed by atoms with Crippen molar-refractivity contribution in [2.75, 3.05) is 20.2 Å². The van der Waals surface area contributed by atoms with E-state index in [2.05, 4.69) is 5.32 Å². The Morgan fingerprint density at radius 3 is 2.53 bits per heavy atom. The van der Waals surface area contributed by atoms with Crippen molar-refractivity contribution in [2.45, 2.75) is 26.3 Å². The molecule has 0 saturated carbocycles. The minimum Gasteiger partial charge on any atom is -0.394 e. The van der Waals surface area contributed by atoms with Crippen molar-refractivity contribution < 1.29 is 14.7 Å². The van der Waals surface area contributed by atoms with E-state index in [-0.39, 0.29) is 25.0 Å². The van der Waals surface area contributed by atoms with Crippen LogP contribution in [0.5, 0.6) is 0 Å². The SMILES string of the molecule is Cc1ccc(C(=O)NCC(=O)N(C)C(C)(C)CO)s1. The molecular formula is C13H20N2O3S. The molecule has 0 spiro atoms. The van der Waals surface area contributed by atoms with E-state index in [9.17, 15) is 14.7 Å². The van der Waals surface area contributed by atoms with E-state index in [4.69, 9.17) is 0 Å². The quantitative estimate of drug-likeness (QED) is 0.848. The molecule has 1 heterocycles. The predicted octanol–water partition coefficient (Wildman–Crippen LogP) is 1.02. The summed E-state index contributed by atoms with van der Waals surface area (Å²) >= 11 is 1.39. The minimum atomic E-state index is -0.638. The van der Waals surface area contributed by atoms with Gasteiger partial charge >= 0.3 is 0 Å². The van der Waals surface area contributed by atoms with Crippen molar-refractivity contribution in [3.05, 3.63) is 21.9 Å². The zero-order valence-corrected chi connectivity index (χ0v) is 12.5. The van der Waals surface area contributed by atoms with E-state index in [0.717, 1.165) is 4.88 Å². The molecule has 0 aliphatic rings. The lowest BCUT2D eigenvalue weighted by molar-refractivity contribution is -0.134. The van der Waals surface area contributed by atoms with Crippen LogP contribution in [0.3, 0.4) is 0 Å². The van der Waals surface area contributed by atoms with Crippen molar-refractivity contribution in [3.63, 3.8) is 0 Å². The normalized spacial score (nSPS) is 11.2. The molecule has 1 rings (SSSR count). The summed E-state index contributed by atoms with van der Waals surface area (Å²) in [4.78, 5) is 26.8. The molecule has 6 heteroatoms. The second kappa shape index (κ2) is 6.16. The summed E-state index contributed by atoms with van der Waals surface area (Å²) in [6.07, 6.45) is 0. The van der Waals surface area contributed by atoms with E-state index in [1.807, 2.05) is 13.0 Å². The first-order valence-electron chi connectivity index (χ1n) is 6.00. The molecule has 0 aliphatic carbocycles. The number of hydrogen-bond donors (Lipinski definition) is 2. The van der Waals surface area contributed by atoms with Gasteiger partial charge in [0.2, 0.25) is 5.91 Å². The average Bonchev–Trinajstić information content (AvgIpc) is 2.81. The maximum Gasteiger partial charge on any atom is 0.261 e. The molecule has 1 aromatic rings. The van der Waals surface area contributed by atoms with Gasteiger partial charge in [-0.15, -0.1) is 11.3 Å². The van der Waals surface area contributed by atoms with Crippen LogP contribution in [0, 0.1) is 6.92 Å². The maximum absolute atomic E-state index is 11.9. The van der Waals surface area contributed by atoms with Gasteiger partial charge in [-0.3, -0.25) is 9.59 Å². The summed E-state index contributed by atoms with van der Waals surface area (Å²) in [7, 11) is 1.61. The first-order valence-corrected chi connectivity index (χ1v) is 6.81. The Bertz CT molecular complexity index is 468. The van der Waals surface area contributed by atoms with Gasteiger partial charge in [0, 0.05) is 11.9 Å². The van der Waals surface area contributed by atoms with Gasteiger partial charge in [-0.05, 0) is 32.9 Å². The van der Waals surface area contributed by atoms with Gasteiger partial charge in [0.1, 0.15) is 0 Å². The van der Waals surface area contributed by atoms with E-state index >= 15 is 0 Å². The van der Waals surface area contributed by atoms with Crippen molar-refractivity contribution >= 4 is 23.2 Å². The Labute approximate surface area is 117 Å². The molecule has 0 saturated heterocycles. The third-order valence-electron chi connectivity index (χ3n) is 3.03. The highest BCUT2D eigenvalue weighted by atomic mass is 32.1. The number of thiophene rings is 1. The van der Waals surface area contributed by atoms with Crippen LogP contribution in [0.1, 0.15) is 28.4 Å². The van der Waals surface area contributed by atoms with E-state index in [1.54, 1.807) is 27.0 Å². The molecule has 0 aliphatic heterocycles. The van der Waals surface area contributed by atoms with Crippen LogP contribution in [0.4, 0.5) is 0 Å². The lowest BCUT2D eigenvalue weighted by Gasteiger charge is -2.33. The molecule has 2 N–H and O–H groups in total. The van der Waals surface area contributed by atoms with Gasteiger partial charge in [0.05, 0.1) is 23.6 Å². The molecule has 2 amide bonds. The molecular weight excluding hydrogens is 264 g/mol.